The molecule has 0 unspecified atom stereocenters. The number of fused-ring (bicyclic) bond motifs is 6. The first-order valence-electron chi connectivity index (χ1n) is 15.1. The van der Waals surface area contributed by atoms with Crippen LogP contribution in [0.25, 0.3) is 60.8 Å². The van der Waals surface area contributed by atoms with Crippen LogP contribution in [-0.4, -0.2) is 9.55 Å². The molecule has 0 aliphatic rings. The second-order valence-corrected chi connectivity index (χ2v) is 11.2. The molecule has 45 heavy (non-hydrogen) atoms. The summed E-state index contributed by atoms with van der Waals surface area (Å²) < 4.78 is 8.98. The van der Waals surface area contributed by atoms with E-state index in [0.717, 1.165) is 50.2 Å². The van der Waals surface area contributed by atoms with E-state index in [1.165, 1.54) is 21.8 Å². The van der Waals surface area contributed by atoms with Crippen LogP contribution in [0.15, 0.2) is 168 Å². The zero-order valence-electron chi connectivity index (χ0n) is 24.3. The molecule has 0 spiro atoms. The molecule has 9 rings (SSSR count). The number of benzene rings is 7. The summed E-state index contributed by atoms with van der Waals surface area (Å²) in [5, 5.41) is 4.68. The normalized spacial score (nSPS) is 11.6. The van der Waals surface area contributed by atoms with Crippen molar-refractivity contribution in [1.29, 1.82) is 0 Å². The van der Waals surface area contributed by atoms with Crippen molar-refractivity contribution >= 4 is 60.7 Å². The number of rotatable bonds is 5. The molecule has 9 aromatic rings. The predicted molar refractivity (Wildman–Crippen MR) is 186 cm³/mol. The Morgan fingerprint density at radius 3 is 1.76 bits per heavy atom. The van der Waals surface area contributed by atoms with Crippen molar-refractivity contribution in [3.63, 3.8) is 0 Å². The third-order valence-corrected chi connectivity index (χ3v) is 8.59. The standard InChI is InChI=1S/C41H27N3O/c1-3-13-28(14-4-1)41-42-39-33-18-8-7-15-29(33)27-38(40(39)45-41)43(30-16-5-2-6-17-30)31-23-25-32(26-24-31)44-36-21-11-9-19-34(36)35-20-10-12-22-37(35)44/h1-27H. The van der Waals surface area contributed by atoms with Crippen molar-refractivity contribution in [2.45, 2.75) is 0 Å². The third kappa shape index (κ3) is 4.11. The van der Waals surface area contributed by atoms with Crippen molar-refractivity contribution in [2.24, 2.45) is 0 Å². The van der Waals surface area contributed by atoms with Gasteiger partial charge < -0.3 is 13.9 Å². The summed E-state index contributed by atoms with van der Waals surface area (Å²) in [6.07, 6.45) is 0. The Bertz CT molecular complexity index is 2420. The monoisotopic (exact) mass is 577 g/mol. The van der Waals surface area contributed by atoms with Gasteiger partial charge in [0.2, 0.25) is 5.89 Å². The second kappa shape index (κ2) is 10.2. The van der Waals surface area contributed by atoms with Gasteiger partial charge in [-0.3, -0.25) is 0 Å². The van der Waals surface area contributed by atoms with Gasteiger partial charge in [-0.25, -0.2) is 4.98 Å². The van der Waals surface area contributed by atoms with Crippen LogP contribution in [-0.2, 0) is 0 Å². The Morgan fingerprint density at radius 1 is 0.511 bits per heavy atom. The Hall–Kier alpha value is -6.13. The number of anilines is 3. The average molecular weight is 578 g/mol. The number of hydrogen-bond donors (Lipinski definition) is 0. The maximum atomic E-state index is 6.64. The highest BCUT2D eigenvalue weighted by Crippen LogP contribution is 2.43. The van der Waals surface area contributed by atoms with Crippen LogP contribution in [0.2, 0.25) is 0 Å². The molecule has 0 bridgehead atoms. The molecule has 0 atom stereocenters. The number of hydrogen-bond acceptors (Lipinski definition) is 3. The molecule has 0 aliphatic heterocycles. The fraction of sp³-hybridized carbons (Fsp3) is 0. The zero-order valence-corrected chi connectivity index (χ0v) is 24.3. The Labute approximate surface area is 260 Å². The van der Waals surface area contributed by atoms with E-state index in [-0.39, 0.29) is 0 Å². The molecule has 0 amide bonds. The summed E-state index contributed by atoms with van der Waals surface area (Å²) in [5.74, 6) is 0.609. The summed E-state index contributed by atoms with van der Waals surface area (Å²) in [6.45, 7) is 0. The summed E-state index contributed by atoms with van der Waals surface area (Å²) in [4.78, 5) is 7.32. The highest BCUT2D eigenvalue weighted by atomic mass is 16.3. The summed E-state index contributed by atoms with van der Waals surface area (Å²) in [7, 11) is 0. The molecule has 0 aliphatic carbocycles. The molecule has 0 N–H and O–H groups in total. The SMILES string of the molecule is c1ccc(-c2nc3c(o2)c(N(c2ccccc2)c2ccc(-n4c5ccccc5c5ccccc54)cc2)cc2ccccc23)cc1. The minimum atomic E-state index is 0.609. The van der Waals surface area contributed by atoms with Gasteiger partial charge in [-0.2, -0.15) is 0 Å². The van der Waals surface area contributed by atoms with E-state index in [1.54, 1.807) is 0 Å². The second-order valence-electron chi connectivity index (χ2n) is 11.2. The summed E-state index contributed by atoms with van der Waals surface area (Å²) in [6, 6.07) is 57.2. The summed E-state index contributed by atoms with van der Waals surface area (Å²) >= 11 is 0. The molecule has 0 fully saturated rings. The van der Waals surface area contributed by atoms with Gasteiger partial charge in [-0.05, 0) is 72.1 Å². The van der Waals surface area contributed by atoms with Gasteiger partial charge in [-0.1, -0.05) is 97.1 Å². The smallest absolute Gasteiger partial charge is 0.227 e. The number of nitrogens with zero attached hydrogens (tertiary/aromatic N) is 3. The van der Waals surface area contributed by atoms with Crippen molar-refractivity contribution in [3.8, 4) is 17.1 Å². The topological polar surface area (TPSA) is 34.2 Å². The lowest BCUT2D eigenvalue weighted by Crippen LogP contribution is -2.10. The molecule has 2 aromatic heterocycles. The van der Waals surface area contributed by atoms with E-state index in [1.807, 2.05) is 36.4 Å². The quantitative estimate of drug-likeness (QED) is 0.204. The van der Waals surface area contributed by atoms with Gasteiger partial charge in [0.15, 0.2) is 5.58 Å². The van der Waals surface area contributed by atoms with E-state index in [0.29, 0.717) is 5.89 Å². The number of para-hydroxylation sites is 3. The number of oxazole rings is 1. The first-order valence-corrected chi connectivity index (χ1v) is 15.1. The van der Waals surface area contributed by atoms with E-state index >= 15 is 0 Å². The van der Waals surface area contributed by atoms with Crippen LogP contribution in [0.5, 0.6) is 0 Å². The highest BCUT2D eigenvalue weighted by molar-refractivity contribution is 6.11. The Morgan fingerprint density at radius 2 is 1.07 bits per heavy atom. The fourth-order valence-electron chi connectivity index (χ4n) is 6.55. The lowest BCUT2D eigenvalue weighted by molar-refractivity contribution is 0.620. The Balaban J connectivity index is 1.26. The molecular weight excluding hydrogens is 550 g/mol. The highest BCUT2D eigenvalue weighted by Gasteiger charge is 2.22. The molecule has 2 heterocycles. The van der Waals surface area contributed by atoms with E-state index in [9.17, 15) is 0 Å². The van der Waals surface area contributed by atoms with Gasteiger partial charge in [0.05, 0.1) is 16.7 Å². The van der Waals surface area contributed by atoms with Crippen molar-refractivity contribution < 1.29 is 4.42 Å². The zero-order chi connectivity index (χ0) is 29.7. The molecule has 7 aromatic carbocycles. The van der Waals surface area contributed by atoms with Crippen molar-refractivity contribution in [3.05, 3.63) is 164 Å². The molecule has 0 radical (unpaired) electrons. The summed E-state index contributed by atoms with van der Waals surface area (Å²) in [5.41, 5.74) is 9.05. The van der Waals surface area contributed by atoms with Crippen LogP contribution in [0, 0.1) is 0 Å². The largest absolute Gasteiger partial charge is 0.434 e. The fourth-order valence-corrected chi connectivity index (χ4v) is 6.55. The van der Waals surface area contributed by atoms with Crippen LogP contribution in [0.1, 0.15) is 0 Å². The van der Waals surface area contributed by atoms with Gasteiger partial charge in [-0.15, -0.1) is 0 Å². The van der Waals surface area contributed by atoms with Gasteiger partial charge in [0.25, 0.3) is 0 Å². The minimum absolute atomic E-state index is 0.609. The van der Waals surface area contributed by atoms with E-state index in [4.69, 9.17) is 9.40 Å². The van der Waals surface area contributed by atoms with E-state index in [2.05, 4.69) is 137 Å². The van der Waals surface area contributed by atoms with Crippen LogP contribution >= 0.6 is 0 Å². The van der Waals surface area contributed by atoms with Crippen molar-refractivity contribution in [1.82, 2.24) is 9.55 Å². The molecule has 4 heteroatoms. The maximum Gasteiger partial charge on any atom is 0.227 e. The Kier molecular flexibility index (Phi) is 5.78. The average Bonchev–Trinajstić information content (AvgIpc) is 3.71. The molecule has 212 valence electrons. The van der Waals surface area contributed by atoms with Crippen molar-refractivity contribution in [2.75, 3.05) is 4.90 Å². The van der Waals surface area contributed by atoms with Crippen LogP contribution < -0.4 is 4.90 Å². The van der Waals surface area contributed by atoms with Crippen LogP contribution in [0.4, 0.5) is 17.1 Å². The lowest BCUT2D eigenvalue weighted by Gasteiger charge is -2.26. The van der Waals surface area contributed by atoms with Gasteiger partial charge >= 0.3 is 0 Å². The van der Waals surface area contributed by atoms with E-state index < -0.39 is 0 Å². The minimum Gasteiger partial charge on any atom is -0.434 e. The lowest BCUT2D eigenvalue weighted by atomic mass is 10.1. The maximum absolute atomic E-state index is 6.64. The first-order chi connectivity index (χ1) is 22.3. The van der Waals surface area contributed by atoms with Gasteiger partial charge in [0, 0.05) is 38.8 Å². The molecular formula is C41H27N3O. The third-order valence-electron chi connectivity index (χ3n) is 8.59. The molecule has 0 saturated heterocycles. The van der Waals surface area contributed by atoms with Crippen LogP contribution in [0.3, 0.4) is 0 Å². The first kappa shape index (κ1) is 25.4. The number of aromatic nitrogens is 2. The van der Waals surface area contributed by atoms with Gasteiger partial charge in [0.1, 0.15) is 5.52 Å². The molecule has 0 saturated carbocycles. The molecule has 4 nitrogen and oxygen atoms in total. The predicted octanol–water partition coefficient (Wildman–Crippen LogP) is 11.2.